The molecular weight excluding hydrogens is 599 g/mol. The van der Waals surface area contributed by atoms with Crippen molar-refractivity contribution >= 4 is 59.0 Å². The maximum absolute atomic E-state index is 13.2. The molecule has 0 aliphatic rings. The van der Waals surface area contributed by atoms with Crippen LogP contribution in [-0.4, -0.2) is 37.1 Å². The van der Waals surface area contributed by atoms with Crippen LogP contribution in [0.1, 0.15) is 45.7 Å². The molecule has 10 heteroatoms. The number of hydrazone groups is 1. The van der Waals surface area contributed by atoms with Gasteiger partial charge in [0.25, 0.3) is 11.8 Å². The number of carbonyl (C=O) groups excluding carboxylic acids is 3. The van der Waals surface area contributed by atoms with Gasteiger partial charge in [0.15, 0.2) is 0 Å². The van der Waals surface area contributed by atoms with E-state index in [1.165, 1.54) is 6.21 Å². The Labute approximate surface area is 265 Å². The molecule has 0 atom stereocenters. The van der Waals surface area contributed by atoms with E-state index in [1.807, 2.05) is 24.3 Å². The Morgan fingerprint density at radius 2 is 1.45 bits per heavy atom. The van der Waals surface area contributed by atoms with Crippen molar-refractivity contribution in [2.45, 2.75) is 13.8 Å². The zero-order valence-corrected chi connectivity index (χ0v) is 25.6. The second-order valence-corrected chi connectivity index (χ2v) is 10.3. The third-order valence-corrected chi connectivity index (χ3v) is 7.08. The number of nitrogens with zero attached hydrogens (tertiary/aromatic N) is 2. The molecule has 0 saturated heterocycles. The smallest absolute Gasteiger partial charge is 0.343 e. The number of ether oxygens (including phenoxy) is 1. The normalized spacial score (nSPS) is 11.2. The van der Waals surface area contributed by atoms with Gasteiger partial charge in [-0.15, -0.1) is 0 Å². The first-order chi connectivity index (χ1) is 21.3. The minimum absolute atomic E-state index is 0.0212. The molecule has 0 radical (unpaired) electrons. The number of carbonyl (C=O) groups is 3. The van der Waals surface area contributed by atoms with Crippen molar-refractivity contribution in [1.82, 2.24) is 10.7 Å². The molecule has 44 heavy (non-hydrogen) atoms. The van der Waals surface area contributed by atoms with Gasteiger partial charge in [-0.2, -0.15) is 5.10 Å². The quantitative estimate of drug-likeness (QED) is 0.0613. The minimum atomic E-state index is -0.636. The fourth-order valence-electron chi connectivity index (χ4n) is 4.13. The molecule has 0 saturated carbocycles. The van der Waals surface area contributed by atoms with E-state index < -0.39 is 17.8 Å². The number of benzene rings is 4. The van der Waals surface area contributed by atoms with E-state index in [1.54, 1.807) is 78.9 Å². The van der Waals surface area contributed by atoms with Crippen molar-refractivity contribution in [2.24, 2.45) is 5.10 Å². The lowest BCUT2D eigenvalue weighted by Gasteiger charge is -2.21. The third kappa shape index (κ3) is 8.80. The van der Waals surface area contributed by atoms with Gasteiger partial charge < -0.3 is 15.0 Å². The van der Waals surface area contributed by atoms with Gasteiger partial charge in [-0.1, -0.05) is 47.5 Å². The zero-order chi connectivity index (χ0) is 31.5. The monoisotopic (exact) mass is 628 g/mol. The van der Waals surface area contributed by atoms with E-state index in [0.29, 0.717) is 27.5 Å². The summed E-state index contributed by atoms with van der Waals surface area (Å²) in [4.78, 5) is 40.7. The summed E-state index contributed by atoms with van der Waals surface area (Å²) in [7, 11) is 0. The Morgan fingerprint density at radius 1 is 0.818 bits per heavy atom. The second kappa shape index (κ2) is 15.5. The molecule has 0 unspecified atom stereocenters. The summed E-state index contributed by atoms with van der Waals surface area (Å²) in [6, 6.07) is 27.2. The summed E-state index contributed by atoms with van der Waals surface area (Å²) in [5.74, 6) is -1.35. The molecule has 0 fully saturated rings. The van der Waals surface area contributed by atoms with Crippen LogP contribution in [0.5, 0.6) is 5.75 Å². The average Bonchev–Trinajstić information content (AvgIpc) is 3.03. The molecule has 4 aromatic rings. The number of halogens is 2. The van der Waals surface area contributed by atoms with Crippen LogP contribution in [0.2, 0.25) is 10.0 Å². The highest BCUT2D eigenvalue weighted by molar-refractivity contribution is 6.34. The van der Waals surface area contributed by atoms with Crippen LogP contribution < -0.4 is 20.4 Å². The van der Waals surface area contributed by atoms with Gasteiger partial charge in [0.1, 0.15) is 11.4 Å². The van der Waals surface area contributed by atoms with Gasteiger partial charge in [0.05, 0.1) is 22.4 Å². The fourth-order valence-corrected chi connectivity index (χ4v) is 4.48. The number of hydrogen-bond donors (Lipinski definition) is 2. The Kier molecular flexibility index (Phi) is 11.3. The first kappa shape index (κ1) is 32.0. The highest BCUT2D eigenvalue weighted by atomic mass is 35.5. The third-order valence-electron chi connectivity index (χ3n) is 6.49. The highest BCUT2D eigenvalue weighted by Crippen LogP contribution is 2.19. The van der Waals surface area contributed by atoms with Crippen LogP contribution in [0.4, 0.5) is 5.69 Å². The average molecular weight is 630 g/mol. The Morgan fingerprint density at radius 3 is 2.09 bits per heavy atom. The van der Waals surface area contributed by atoms with Crippen molar-refractivity contribution in [1.29, 1.82) is 0 Å². The number of nitrogens with one attached hydrogen (secondary N) is 2. The highest BCUT2D eigenvalue weighted by Gasteiger charge is 2.16. The van der Waals surface area contributed by atoms with Crippen molar-refractivity contribution in [3.8, 4) is 5.75 Å². The second-order valence-electron chi connectivity index (χ2n) is 9.42. The lowest BCUT2D eigenvalue weighted by atomic mass is 10.1. The molecular formula is C34H30Cl2N4O4. The van der Waals surface area contributed by atoms with Crippen LogP contribution in [0.25, 0.3) is 6.08 Å². The molecule has 2 amide bonds. The Bertz CT molecular complexity index is 1670. The van der Waals surface area contributed by atoms with E-state index in [0.717, 1.165) is 18.8 Å². The lowest BCUT2D eigenvalue weighted by Crippen LogP contribution is -2.33. The summed E-state index contributed by atoms with van der Waals surface area (Å²) in [5.41, 5.74) is 5.42. The molecule has 224 valence electrons. The van der Waals surface area contributed by atoms with Crippen LogP contribution in [0, 0.1) is 0 Å². The van der Waals surface area contributed by atoms with E-state index in [-0.39, 0.29) is 16.3 Å². The molecule has 2 N–H and O–H groups in total. The molecule has 0 aromatic heterocycles. The topological polar surface area (TPSA) is 100 Å². The maximum atomic E-state index is 13.2. The van der Waals surface area contributed by atoms with Crippen LogP contribution in [0.3, 0.4) is 0 Å². The molecule has 4 rings (SSSR count). The number of rotatable bonds is 11. The molecule has 0 aliphatic carbocycles. The van der Waals surface area contributed by atoms with Crippen LogP contribution >= 0.6 is 23.2 Å². The summed E-state index contributed by atoms with van der Waals surface area (Å²) in [6.45, 7) is 5.89. The Hall–Kier alpha value is -4.92. The van der Waals surface area contributed by atoms with Crippen molar-refractivity contribution < 1.29 is 19.1 Å². The summed E-state index contributed by atoms with van der Waals surface area (Å²) < 4.78 is 5.38. The summed E-state index contributed by atoms with van der Waals surface area (Å²) in [6.07, 6.45) is 2.99. The van der Waals surface area contributed by atoms with Gasteiger partial charge in [0, 0.05) is 23.8 Å². The van der Waals surface area contributed by atoms with Crippen molar-refractivity contribution in [2.75, 3.05) is 18.0 Å². The fraction of sp³-hybridized carbons (Fsp3) is 0.118. The van der Waals surface area contributed by atoms with Crippen LogP contribution in [-0.2, 0) is 4.79 Å². The predicted molar refractivity (Wildman–Crippen MR) is 175 cm³/mol. The number of anilines is 1. The predicted octanol–water partition coefficient (Wildman–Crippen LogP) is 6.98. The first-order valence-electron chi connectivity index (χ1n) is 13.8. The maximum Gasteiger partial charge on any atom is 0.343 e. The number of hydrogen-bond acceptors (Lipinski definition) is 6. The standard InChI is InChI=1S/C34H30Cl2N4O4/c1-3-40(4-2)27-17-9-23(10-18-27)21-31(38-32(41)29-7-5-6-8-30(29)36)33(42)39-37-22-24-11-19-28(20-12-24)44-34(43)25-13-15-26(35)16-14-25/h5-22H,3-4H2,1-2H3,(H,38,41)(H,39,42)/b31-21+,37-22?. The summed E-state index contributed by atoms with van der Waals surface area (Å²) in [5, 5.41) is 7.48. The van der Waals surface area contributed by atoms with Gasteiger partial charge in [-0.3, -0.25) is 9.59 Å². The summed E-state index contributed by atoms with van der Waals surface area (Å²) >= 11 is 12.1. The van der Waals surface area contributed by atoms with Crippen molar-refractivity contribution in [3.05, 3.63) is 135 Å². The van der Waals surface area contributed by atoms with E-state index in [2.05, 4.69) is 34.6 Å². The van der Waals surface area contributed by atoms with E-state index >= 15 is 0 Å². The zero-order valence-electron chi connectivity index (χ0n) is 24.1. The first-order valence-corrected chi connectivity index (χ1v) is 14.6. The largest absolute Gasteiger partial charge is 0.423 e. The van der Waals surface area contributed by atoms with Gasteiger partial charge in [-0.25, -0.2) is 10.2 Å². The SMILES string of the molecule is CCN(CC)c1ccc(/C=C(/NC(=O)c2ccccc2Cl)C(=O)NN=Cc2ccc(OC(=O)c3ccc(Cl)cc3)cc2)cc1. The van der Waals surface area contributed by atoms with Gasteiger partial charge in [-0.05, 0) is 104 Å². The van der Waals surface area contributed by atoms with Gasteiger partial charge >= 0.3 is 5.97 Å². The number of esters is 1. The molecule has 0 aliphatic heterocycles. The van der Waals surface area contributed by atoms with Crippen molar-refractivity contribution in [3.63, 3.8) is 0 Å². The molecule has 0 bridgehead atoms. The molecule has 4 aromatic carbocycles. The molecule has 0 spiro atoms. The van der Waals surface area contributed by atoms with E-state index in [4.69, 9.17) is 27.9 Å². The molecule has 0 heterocycles. The minimum Gasteiger partial charge on any atom is -0.423 e. The van der Waals surface area contributed by atoms with Crippen LogP contribution in [0.15, 0.2) is 108 Å². The number of amides is 2. The van der Waals surface area contributed by atoms with E-state index in [9.17, 15) is 14.4 Å². The van der Waals surface area contributed by atoms with Gasteiger partial charge in [0.2, 0.25) is 0 Å². The molecule has 8 nitrogen and oxygen atoms in total. The lowest BCUT2D eigenvalue weighted by molar-refractivity contribution is -0.117. The Balaban J connectivity index is 1.46.